The molecule has 0 radical (unpaired) electrons. The van der Waals surface area contributed by atoms with Gasteiger partial charge in [-0.05, 0) is 30.5 Å². The number of aryl methyl sites for hydroxylation is 1. The summed E-state index contributed by atoms with van der Waals surface area (Å²) in [5.74, 6) is -0.139. The van der Waals surface area contributed by atoms with E-state index in [1.165, 1.54) is 10.9 Å². The molecular weight excluding hydrogens is 230 g/mol. The quantitative estimate of drug-likeness (QED) is 0.853. The van der Waals surface area contributed by atoms with Crippen LogP contribution in [0.5, 0.6) is 5.75 Å². The summed E-state index contributed by atoms with van der Waals surface area (Å²) in [6.45, 7) is 0. The van der Waals surface area contributed by atoms with Crippen molar-refractivity contribution in [2.45, 2.75) is 19.3 Å². The number of carboxylic acids is 1. The van der Waals surface area contributed by atoms with Gasteiger partial charge < -0.3 is 14.8 Å². The largest absolute Gasteiger partial charge is 0.497 e. The molecule has 2 aromatic rings. The summed E-state index contributed by atoms with van der Waals surface area (Å²) in [6, 6.07) is 5.95. The molecule has 1 unspecified atom stereocenters. The van der Waals surface area contributed by atoms with E-state index >= 15 is 0 Å². The summed E-state index contributed by atoms with van der Waals surface area (Å²) in [6.07, 6.45) is 2.15. The number of hydrogen-bond acceptors (Lipinski definition) is 2. The van der Waals surface area contributed by atoms with E-state index in [-0.39, 0.29) is 5.92 Å². The maximum atomic E-state index is 11.0. The number of aliphatic carboxylic acids is 1. The Kier molecular flexibility index (Phi) is 2.51. The van der Waals surface area contributed by atoms with Crippen LogP contribution in [0.3, 0.4) is 0 Å². The number of carbonyl (C=O) groups is 1. The molecule has 0 saturated carbocycles. The van der Waals surface area contributed by atoms with Crippen molar-refractivity contribution in [2.24, 2.45) is 5.92 Å². The Morgan fingerprint density at radius 2 is 2.33 bits per heavy atom. The highest BCUT2D eigenvalue weighted by Crippen LogP contribution is 2.33. The molecule has 1 aliphatic carbocycles. The fraction of sp³-hybridized carbons (Fsp3) is 0.357. The van der Waals surface area contributed by atoms with E-state index in [9.17, 15) is 4.79 Å². The summed E-state index contributed by atoms with van der Waals surface area (Å²) in [5, 5.41) is 10.3. The molecule has 18 heavy (non-hydrogen) atoms. The van der Waals surface area contributed by atoms with Crippen molar-refractivity contribution in [3.8, 4) is 5.75 Å². The minimum Gasteiger partial charge on any atom is -0.497 e. The van der Waals surface area contributed by atoms with Gasteiger partial charge in [0.15, 0.2) is 0 Å². The molecule has 0 aliphatic heterocycles. The van der Waals surface area contributed by atoms with Crippen LogP contribution < -0.4 is 4.74 Å². The zero-order chi connectivity index (χ0) is 12.7. The summed E-state index contributed by atoms with van der Waals surface area (Å²) in [5.41, 5.74) is 3.37. The van der Waals surface area contributed by atoms with Crippen molar-refractivity contribution in [1.82, 2.24) is 4.98 Å². The lowest BCUT2D eigenvalue weighted by atomic mass is 9.87. The first kappa shape index (κ1) is 11.1. The van der Waals surface area contributed by atoms with Crippen LogP contribution >= 0.6 is 0 Å². The van der Waals surface area contributed by atoms with E-state index in [1.807, 2.05) is 18.2 Å². The lowest BCUT2D eigenvalue weighted by Gasteiger charge is -2.18. The number of benzene rings is 1. The van der Waals surface area contributed by atoms with E-state index in [0.717, 1.165) is 29.8 Å². The molecule has 1 heterocycles. The minimum atomic E-state index is -0.697. The number of methoxy groups -OCH3 is 1. The van der Waals surface area contributed by atoms with Crippen molar-refractivity contribution < 1.29 is 14.6 Å². The first-order valence-corrected chi connectivity index (χ1v) is 6.09. The monoisotopic (exact) mass is 245 g/mol. The highest BCUT2D eigenvalue weighted by molar-refractivity contribution is 5.86. The number of nitrogens with one attached hydrogen (secondary N) is 1. The molecular formula is C14H15NO3. The van der Waals surface area contributed by atoms with E-state index in [0.29, 0.717) is 6.42 Å². The Bertz CT molecular complexity index is 615. The lowest BCUT2D eigenvalue weighted by Crippen LogP contribution is -2.21. The van der Waals surface area contributed by atoms with E-state index < -0.39 is 5.97 Å². The van der Waals surface area contributed by atoms with E-state index in [4.69, 9.17) is 9.84 Å². The first-order chi connectivity index (χ1) is 8.69. The molecule has 0 spiro atoms. The number of rotatable bonds is 2. The van der Waals surface area contributed by atoms with Crippen molar-refractivity contribution in [3.05, 3.63) is 29.5 Å². The number of aromatic amines is 1. The zero-order valence-electron chi connectivity index (χ0n) is 10.2. The van der Waals surface area contributed by atoms with Crippen molar-refractivity contribution in [2.75, 3.05) is 7.11 Å². The van der Waals surface area contributed by atoms with Gasteiger partial charge in [-0.25, -0.2) is 0 Å². The molecule has 94 valence electrons. The molecule has 1 aromatic carbocycles. The molecule has 1 aromatic heterocycles. The van der Waals surface area contributed by atoms with Gasteiger partial charge in [0.1, 0.15) is 5.75 Å². The van der Waals surface area contributed by atoms with Crippen molar-refractivity contribution >= 4 is 16.9 Å². The Balaban J connectivity index is 2.06. The molecule has 2 N–H and O–H groups in total. The summed E-state index contributed by atoms with van der Waals surface area (Å²) in [4.78, 5) is 14.4. The molecule has 3 rings (SSSR count). The average Bonchev–Trinajstić information content (AvgIpc) is 2.74. The normalized spacial score (nSPS) is 18.6. The second-order valence-corrected chi connectivity index (χ2v) is 4.77. The predicted molar refractivity (Wildman–Crippen MR) is 68.0 cm³/mol. The minimum absolute atomic E-state index is 0.257. The third kappa shape index (κ3) is 1.65. The van der Waals surface area contributed by atoms with Gasteiger partial charge >= 0.3 is 5.97 Å². The zero-order valence-corrected chi connectivity index (χ0v) is 10.2. The number of H-pyrrole nitrogens is 1. The molecule has 0 saturated heterocycles. The van der Waals surface area contributed by atoms with Crippen LogP contribution in [-0.2, 0) is 17.6 Å². The third-order valence-corrected chi connectivity index (χ3v) is 3.74. The molecule has 0 fully saturated rings. The fourth-order valence-corrected chi connectivity index (χ4v) is 2.76. The molecule has 1 atom stereocenters. The number of hydrogen-bond donors (Lipinski definition) is 2. The Labute approximate surface area is 105 Å². The van der Waals surface area contributed by atoms with Gasteiger partial charge in [0, 0.05) is 29.1 Å². The number of fused-ring (bicyclic) bond motifs is 3. The predicted octanol–water partition coefficient (Wildman–Crippen LogP) is 2.37. The molecule has 1 aliphatic rings. The van der Waals surface area contributed by atoms with Gasteiger partial charge in [0.2, 0.25) is 0 Å². The smallest absolute Gasteiger partial charge is 0.306 e. The van der Waals surface area contributed by atoms with Crippen molar-refractivity contribution in [3.63, 3.8) is 0 Å². The van der Waals surface area contributed by atoms with Crippen LogP contribution in [-0.4, -0.2) is 23.2 Å². The number of ether oxygens (including phenoxy) is 1. The summed E-state index contributed by atoms with van der Waals surface area (Å²) in [7, 11) is 1.64. The van der Waals surface area contributed by atoms with Crippen LogP contribution in [0, 0.1) is 5.92 Å². The average molecular weight is 245 g/mol. The molecule has 0 bridgehead atoms. The van der Waals surface area contributed by atoms with Crippen LogP contribution in [0.4, 0.5) is 0 Å². The molecule has 0 amide bonds. The van der Waals surface area contributed by atoms with Crippen LogP contribution in [0.2, 0.25) is 0 Å². The van der Waals surface area contributed by atoms with E-state index in [1.54, 1.807) is 7.11 Å². The van der Waals surface area contributed by atoms with Crippen molar-refractivity contribution in [1.29, 1.82) is 0 Å². The highest BCUT2D eigenvalue weighted by atomic mass is 16.5. The molecule has 4 nitrogen and oxygen atoms in total. The van der Waals surface area contributed by atoms with Gasteiger partial charge in [-0.1, -0.05) is 0 Å². The van der Waals surface area contributed by atoms with Crippen LogP contribution in [0.1, 0.15) is 17.7 Å². The highest BCUT2D eigenvalue weighted by Gasteiger charge is 2.26. The lowest BCUT2D eigenvalue weighted by molar-refractivity contribution is -0.142. The second-order valence-electron chi connectivity index (χ2n) is 4.77. The Morgan fingerprint density at radius 1 is 1.50 bits per heavy atom. The Morgan fingerprint density at radius 3 is 3.06 bits per heavy atom. The van der Waals surface area contributed by atoms with Crippen LogP contribution in [0.25, 0.3) is 10.9 Å². The third-order valence-electron chi connectivity index (χ3n) is 3.74. The second kappa shape index (κ2) is 4.05. The van der Waals surface area contributed by atoms with Gasteiger partial charge in [-0.3, -0.25) is 4.79 Å². The van der Waals surface area contributed by atoms with E-state index in [2.05, 4.69) is 4.98 Å². The van der Waals surface area contributed by atoms with Gasteiger partial charge in [-0.2, -0.15) is 0 Å². The topological polar surface area (TPSA) is 62.3 Å². The molecule has 4 heteroatoms. The summed E-state index contributed by atoms with van der Waals surface area (Å²) < 4.78 is 5.20. The Hall–Kier alpha value is -1.97. The van der Waals surface area contributed by atoms with Gasteiger partial charge in [0.05, 0.1) is 13.0 Å². The number of carboxylic acid groups (broad SMARTS) is 1. The van der Waals surface area contributed by atoms with Gasteiger partial charge in [0.25, 0.3) is 0 Å². The first-order valence-electron chi connectivity index (χ1n) is 6.09. The number of aromatic nitrogens is 1. The summed E-state index contributed by atoms with van der Waals surface area (Å²) >= 11 is 0. The maximum Gasteiger partial charge on any atom is 0.306 e. The standard InChI is InChI=1S/C14H15NO3/c1-18-9-3-5-11-10-4-2-8(14(16)17)6-12(10)15-13(11)7-9/h3,5,7-8,15H,2,4,6H2,1H3,(H,16,17). The van der Waals surface area contributed by atoms with Crippen LogP contribution in [0.15, 0.2) is 18.2 Å². The maximum absolute atomic E-state index is 11.0. The fourth-order valence-electron chi connectivity index (χ4n) is 2.76. The van der Waals surface area contributed by atoms with Gasteiger partial charge in [-0.15, -0.1) is 0 Å². The SMILES string of the molecule is COc1ccc2c3c([nH]c2c1)CC(C(=O)O)CC3.